The van der Waals surface area contributed by atoms with Gasteiger partial charge in [0.2, 0.25) is 0 Å². The predicted molar refractivity (Wildman–Crippen MR) is 111 cm³/mol. The van der Waals surface area contributed by atoms with Gasteiger partial charge in [0.1, 0.15) is 24.2 Å². The van der Waals surface area contributed by atoms with Crippen molar-refractivity contribution in [2.24, 2.45) is 0 Å². The van der Waals surface area contributed by atoms with Gasteiger partial charge in [0.15, 0.2) is 0 Å². The molecule has 6 nitrogen and oxygen atoms in total. The van der Waals surface area contributed by atoms with Crippen LogP contribution in [-0.4, -0.2) is 34.9 Å². The molecule has 0 spiro atoms. The summed E-state index contributed by atoms with van der Waals surface area (Å²) in [5.74, 6) is -2.46. The predicted octanol–water partition coefficient (Wildman–Crippen LogP) is 4.07. The highest BCUT2D eigenvalue weighted by molar-refractivity contribution is 5.81. The van der Waals surface area contributed by atoms with Crippen LogP contribution in [0.1, 0.15) is 22.6 Å². The summed E-state index contributed by atoms with van der Waals surface area (Å²) < 4.78 is 18.5. The van der Waals surface area contributed by atoms with Crippen molar-refractivity contribution < 1.29 is 28.9 Å². The summed E-state index contributed by atoms with van der Waals surface area (Å²) in [5, 5.41) is 21.6. The maximum absolute atomic E-state index is 13.1. The summed E-state index contributed by atoms with van der Waals surface area (Å²) in [5.41, 5.74) is 4.46. The second kappa shape index (κ2) is 8.47. The van der Waals surface area contributed by atoms with Crippen molar-refractivity contribution in [2.45, 2.75) is 18.4 Å². The van der Waals surface area contributed by atoms with E-state index in [1.165, 1.54) is 6.07 Å². The third-order valence-electron chi connectivity index (χ3n) is 5.41. The number of aromatic hydroxyl groups is 1. The number of halogens is 1. The second-order valence-electron chi connectivity index (χ2n) is 7.34. The van der Waals surface area contributed by atoms with Gasteiger partial charge >= 0.3 is 12.1 Å². The fourth-order valence-corrected chi connectivity index (χ4v) is 3.91. The van der Waals surface area contributed by atoms with Crippen LogP contribution >= 0.6 is 0 Å². The second-order valence-corrected chi connectivity index (χ2v) is 7.34. The van der Waals surface area contributed by atoms with E-state index in [1.807, 2.05) is 48.5 Å². The molecular weight excluding hydrogens is 401 g/mol. The smallest absolute Gasteiger partial charge is 0.407 e. The van der Waals surface area contributed by atoms with Crippen LogP contribution in [-0.2, 0) is 16.0 Å². The van der Waals surface area contributed by atoms with E-state index in [4.69, 9.17) is 4.74 Å². The van der Waals surface area contributed by atoms with E-state index < -0.39 is 23.9 Å². The molecule has 0 bridgehead atoms. The number of carboxylic acid groups (broad SMARTS) is 1. The number of hydrogen-bond donors (Lipinski definition) is 3. The fourth-order valence-electron chi connectivity index (χ4n) is 3.91. The zero-order valence-corrected chi connectivity index (χ0v) is 16.4. The molecule has 3 aromatic carbocycles. The molecule has 4 rings (SSSR count). The van der Waals surface area contributed by atoms with E-state index in [0.717, 1.165) is 34.4 Å². The molecule has 0 fully saturated rings. The first-order valence-corrected chi connectivity index (χ1v) is 9.75. The molecule has 3 N–H and O–H groups in total. The number of phenolic OH excluding ortho intramolecular Hbond substituents is 1. The Hall–Kier alpha value is -3.87. The minimum Gasteiger partial charge on any atom is -0.508 e. The van der Waals surface area contributed by atoms with Crippen molar-refractivity contribution in [3.63, 3.8) is 0 Å². The Morgan fingerprint density at radius 2 is 1.61 bits per heavy atom. The quantitative estimate of drug-likeness (QED) is 0.558. The Kier molecular flexibility index (Phi) is 5.58. The number of amides is 1. The third kappa shape index (κ3) is 4.21. The number of carboxylic acids is 1. The van der Waals surface area contributed by atoms with Crippen molar-refractivity contribution in [3.05, 3.63) is 89.2 Å². The van der Waals surface area contributed by atoms with Gasteiger partial charge in [0, 0.05) is 18.4 Å². The topological polar surface area (TPSA) is 95.9 Å². The Labute approximate surface area is 177 Å². The van der Waals surface area contributed by atoms with Crippen LogP contribution in [0.25, 0.3) is 11.1 Å². The highest BCUT2D eigenvalue weighted by atomic mass is 19.1. The lowest BCUT2D eigenvalue weighted by atomic mass is 9.98. The summed E-state index contributed by atoms with van der Waals surface area (Å²) in [6.07, 6.45) is -1.10. The van der Waals surface area contributed by atoms with Crippen molar-refractivity contribution in [2.75, 3.05) is 6.61 Å². The standard InChI is InChI=1S/C24H20FNO5/c25-15-10-9-14(22(27)12-15)11-21(23(28)29)26-24(30)31-13-20-18-7-3-1-5-16(18)17-6-2-4-8-19(17)20/h1-10,12,20-21,27H,11,13H2,(H,26,30)(H,28,29). The Morgan fingerprint density at radius 1 is 1.00 bits per heavy atom. The molecule has 0 aliphatic heterocycles. The van der Waals surface area contributed by atoms with Crippen molar-refractivity contribution in [3.8, 4) is 16.9 Å². The molecular formula is C24H20FNO5. The zero-order chi connectivity index (χ0) is 22.0. The molecule has 158 valence electrons. The zero-order valence-electron chi connectivity index (χ0n) is 16.4. The molecule has 0 saturated heterocycles. The average Bonchev–Trinajstić information content (AvgIpc) is 3.07. The van der Waals surface area contributed by atoms with Gasteiger partial charge < -0.3 is 20.3 Å². The lowest BCUT2D eigenvalue weighted by molar-refractivity contribution is -0.139. The summed E-state index contributed by atoms with van der Waals surface area (Å²) >= 11 is 0. The van der Waals surface area contributed by atoms with Gasteiger partial charge in [0.05, 0.1) is 0 Å². The number of rotatable bonds is 6. The van der Waals surface area contributed by atoms with Gasteiger partial charge in [-0.3, -0.25) is 0 Å². The molecule has 1 unspecified atom stereocenters. The maximum Gasteiger partial charge on any atom is 0.407 e. The number of phenols is 1. The van der Waals surface area contributed by atoms with Gasteiger partial charge in [-0.05, 0) is 33.9 Å². The average molecular weight is 421 g/mol. The van der Waals surface area contributed by atoms with Crippen LogP contribution in [0.3, 0.4) is 0 Å². The lowest BCUT2D eigenvalue weighted by Crippen LogP contribution is -2.42. The highest BCUT2D eigenvalue weighted by Gasteiger charge is 2.30. The number of fused-ring (bicyclic) bond motifs is 3. The number of carbonyl (C=O) groups excluding carboxylic acids is 1. The van der Waals surface area contributed by atoms with E-state index in [9.17, 15) is 24.2 Å². The first-order valence-electron chi connectivity index (χ1n) is 9.75. The normalized spacial score (nSPS) is 13.2. The maximum atomic E-state index is 13.1. The van der Waals surface area contributed by atoms with E-state index in [2.05, 4.69) is 5.32 Å². The molecule has 0 heterocycles. The van der Waals surface area contributed by atoms with Crippen LogP contribution in [0.4, 0.5) is 9.18 Å². The summed E-state index contributed by atoms with van der Waals surface area (Å²) in [6, 6.07) is 17.7. The molecule has 3 aromatic rings. The number of alkyl carbamates (subject to hydrolysis) is 1. The van der Waals surface area contributed by atoms with Crippen LogP contribution in [0.15, 0.2) is 66.7 Å². The SMILES string of the molecule is O=C(NC(Cc1ccc(F)cc1O)C(=O)O)OCC1c2ccccc2-c2ccccc21. The van der Waals surface area contributed by atoms with Crippen molar-refractivity contribution in [1.29, 1.82) is 0 Å². The molecule has 0 saturated carbocycles. The first-order chi connectivity index (χ1) is 14.9. The van der Waals surface area contributed by atoms with E-state index in [-0.39, 0.29) is 30.3 Å². The van der Waals surface area contributed by atoms with Gasteiger partial charge in [-0.15, -0.1) is 0 Å². The van der Waals surface area contributed by atoms with E-state index in [0.29, 0.717) is 0 Å². The number of aliphatic carboxylic acids is 1. The minimum atomic E-state index is -1.34. The lowest BCUT2D eigenvalue weighted by Gasteiger charge is -2.18. The van der Waals surface area contributed by atoms with Crippen molar-refractivity contribution >= 4 is 12.1 Å². The number of ether oxygens (including phenoxy) is 1. The number of nitrogens with one attached hydrogen (secondary N) is 1. The number of benzene rings is 3. The van der Waals surface area contributed by atoms with E-state index in [1.54, 1.807) is 0 Å². The first kappa shape index (κ1) is 20.4. The summed E-state index contributed by atoms with van der Waals surface area (Å²) in [6.45, 7) is 0.0496. The Balaban J connectivity index is 1.44. The third-order valence-corrected chi connectivity index (χ3v) is 5.41. The summed E-state index contributed by atoms with van der Waals surface area (Å²) in [4.78, 5) is 23.9. The fraction of sp³-hybridized carbons (Fsp3) is 0.167. The van der Waals surface area contributed by atoms with E-state index >= 15 is 0 Å². The summed E-state index contributed by atoms with van der Waals surface area (Å²) in [7, 11) is 0. The molecule has 0 radical (unpaired) electrons. The molecule has 7 heteroatoms. The monoisotopic (exact) mass is 421 g/mol. The molecule has 1 atom stereocenters. The molecule has 1 aliphatic carbocycles. The van der Waals surface area contributed by atoms with Gasteiger partial charge in [-0.2, -0.15) is 0 Å². The highest BCUT2D eigenvalue weighted by Crippen LogP contribution is 2.44. The van der Waals surface area contributed by atoms with Gasteiger partial charge in [-0.1, -0.05) is 54.6 Å². The van der Waals surface area contributed by atoms with Gasteiger partial charge in [0.25, 0.3) is 0 Å². The van der Waals surface area contributed by atoms with Crippen molar-refractivity contribution in [1.82, 2.24) is 5.32 Å². The Bertz CT molecular complexity index is 1100. The molecule has 1 aliphatic rings. The van der Waals surface area contributed by atoms with Crippen LogP contribution in [0.2, 0.25) is 0 Å². The van der Waals surface area contributed by atoms with Crippen LogP contribution in [0, 0.1) is 5.82 Å². The molecule has 0 aromatic heterocycles. The van der Waals surface area contributed by atoms with Gasteiger partial charge in [-0.25, -0.2) is 14.0 Å². The minimum absolute atomic E-state index is 0.0496. The molecule has 1 amide bonds. The largest absolute Gasteiger partial charge is 0.508 e. The number of carbonyl (C=O) groups is 2. The van der Waals surface area contributed by atoms with Crippen LogP contribution in [0.5, 0.6) is 5.75 Å². The number of hydrogen-bond acceptors (Lipinski definition) is 4. The van der Waals surface area contributed by atoms with Crippen LogP contribution < -0.4 is 5.32 Å². The molecule has 31 heavy (non-hydrogen) atoms. The Morgan fingerprint density at radius 3 is 2.19 bits per heavy atom.